The number of carbonyl (C=O) groups excluding carboxylic acids is 1. The molecule has 1 aromatic carbocycles. The van der Waals surface area contributed by atoms with E-state index in [9.17, 15) is 9.59 Å². The Morgan fingerprint density at radius 3 is 2.76 bits per heavy atom. The van der Waals surface area contributed by atoms with E-state index < -0.39 is 5.56 Å². The number of amides is 1. The quantitative estimate of drug-likeness (QED) is 0.251. The SMILES string of the molecule is CNC(=O)COc1cc2cc(Nc3nc(Cl)ncc3Cl)cc(OCCO[C@@H]3CNC[C@H](C)C3)c2n(C)c1=O. The minimum Gasteiger partial charge on any atom is -0.489 e. The van der Waals surface area contributed by atoms with E-state index in [1.54, 1.807) is 25.2 Å². The smallest absolute Gasteiger partial charge is 0.293 e. The number of hydrogen-bond donors (Lipinski definition) is 3. The molecular formula is C25H30Cl2N6O5. The Kier molecular flexibility index (Phi) is 9.26. The van der Waals surface area contributed by atoms with E-state index in [0.717, 1.165) is 19.5 Å². The Hall–Kier alpha value is -3.12. The normalized spacial score (nSPS) is 17.3. The van der Waals surface area contributed by atoms with E-state index in [0.29, 0.717) is 40.7 Å². The summed E-state index contributed by atoms with van der Waals surface area (Å²) >= 11 is 12.2. The van der Waals surface area contributed by atoms with Crippen LogP contribution < -0.4 is 31.0 Å². The summed E-state index contributed by atoms with van der Waals surface area (Å²) < 4.78 is 19.0. The summed E-state index contributed by atoms with van der Waals surface area (Å²) in [6.07, 6.45) is 2.51. The molecule has 4 rings (SSSR count). The van der Waals surface area contributed by atoms with Crippen LogP contribution in [0.4, 0.5) is 11.5 Å². The van der Waals surface area contributed by atoms with Gasteiger partial charge < -0.3 is 34.7 Å². The zero-order valence-corrected chi connectivity index (χ0v) is 22.9. The van der Waals surface area contributed by atoms with E-state index in [4.69, 9.17) is 37.4 Å². The third kappa shape index (κ3) is 6.84. The summed E-state index contributed by atoms with van der Waals surface area (Å²) in [5.41, 5.74) is 0.718. The maximum atomic E-state index is 13.0. The van der Waals surface area contributed by atoms with Gasteiger partial charge in [-0.05, 0) is 42.6 Å². The number of aryl methyl sites for hydroxylation is 1. The van der Waals surface area contributed by atoms with E-state index in [2.05, 4.69) is 32.8 Å². The zero-order chi connectivity index (χ0) is 27.2. The molecule has 0 radical (unpaired) electrons. The van der Waals surface area contributed by atoms with Crippen LogP contribution in [-0.4, -0.2) is 66.5 Å². The Morgan fingerprint density at radius 2 is 2.00 bits per heavy atom. The Bertz CT molecular complexity index is 1370. The molecule has 11 nitrogen and oxygen atoms in total. The summed E-state index contributed by atoms with van der Waals surface area (Å²) in [7, 11) is 3.11. The van der Waals surface area contributed by atoms with Gasteiger partial charge in [-0.2, -0.15) is 4.98 Å². The lowest BCUT2D eigenvalue weighted by Gasteiger charge is -2.27. The maximum absolute atomic E-state index is 13.0. The fourth-order valence-electron chi connectivity index (χ4n) is 4.24. The van der Waals surface area contributed by atoms with Crippen molar-refractivity contribution in [1.82, 2.24) is 25.2 Å². The fourth-order valence-corrected chi connectivity index (χ4v) is 4.51. The Balaban J connectivity index is 1.63. The minimum absolute atomic E-state index is 0.0251. The molecule has 3 aromatic rings. The van der Waals surface area contributed by atoms with Gasteiger partial charge in [0.2, 0.25) is 5.28 Å². The highest BCUT2D eigenvalue weighted by Gasteiger charge is 2.19. The van der Waals surface area contributed by atoms with E-state index >= 15 is 0 Å². The summed E-state index contributed by atoms with van der Waals surface area (Å²) in [4.78, 5) is 32.7. The second-order valence-electron chi connectivity index (χ2n) is 9.05. The highest BCUT2D eigenvalue weighted by atomic mass is 35.5. The van der Waals surface area contributed by atoms with Crippen LogP contribution in [0.1, 0.15) is 13.3 Å². The van der Waals surface area contributed by atoms with Crippen molar-refractivity contribution < 1.29 is 19.0 Å². The summed E-state index contributed by atoms with van der Waals surface area (Å²) in [5.74, 6) is 0.969. The molecule has 38 heavy (non-hydrogen) atoms. The molecule has 0 saturated carbocycles. The third-order valence-electron chi connectivity index (χ3n) is 6.08. The summed E-state index contributed by atoms with van der Waals surface area (Å²) in [5, 5.41) is 9.89. The van der Waals surface area contributed by atoms with Crippen molar-refractivity contribution in [2.24, 2.45) is 13.0 Å². The predicted molar refractivity (Wildman–Crippen MR) is 146 cm³/mol. The van der Waals surface area contributed by atoms with Crippen LogP contribution in [0.15, 0.2) is 29.2 Å². The molecule has 1 fully saturated rings. The van der Waals surface area contributed by atoms with Gasteiger partial charge in [-0.15, -0.1) is 0 Å². The number of likely N-dealkylation sites (N-methyl/N-ethyl adjacent to an activating group) is 1. The molecule has 3 N–H and O–H groups in total. The van der Waals surface area contributed by atoms with Crippen molar-refractivity contribution in [3.8, 4) is 11.5 Å². The van der Waals surface area contributed by atoms with E-state index in [1.165, 1.54) is 17.8 Å². The molecule has 1 aliphatic heterocycles. The number of fused-ring (bicyclic) bond motifs is 1. The number of carbonyl (C=O) groups is 1. The molecule has 2 aromatic heterocycles. The average molecular weight is 565 g/mol. The molecule has 2 atom stereocenters. The van der Waals surface area contributed by atoms with Gasteiger partial charge in [-0.3, -0.25) is 9.59 Å². The van der Waals surface area contributed by atoms with Crippen LogP contribution in [0.5, 0.6) is 11.5 Å². The zero-order valence-electron chi connectivity index (χ0n) is 21.3. The predicted octanol–water partition coefficient (Wildman–Crippen LogP) is 2.90. The maximum Gasteiger partial charge on any atom is 0.293 e. The number of benzene rings is 1. The number of ether oxygens (including phenoxy) is 3. The van der Waals surface area contributed by atoms with Crippen molar-refractivity contribution in [3.05, 3.63) is 45.1 Å². The van der Waals surface area contributed by atoms with Crippen LogP contribution >= 0.6 is 23.2 Å². The van der Waals surface area contributed by atoms with Crippen molar-refractivity contribution in [2.75, 3.05) is 45.3 Å². The first-order valence-electron chi connectivity index (χ1n) is 12.2. The van der Waals surface area contributed by atoms with E-state index in [1.807, 2.05) is 0 Å². The average Bonchev–Trinajstić information content (AvgIpc) is 2.89. The number of aromatic nitrogens is 3. The number of rotatable bonds is 10. The van der Waals surface area contributed by atoms with Gasteiger partial charge in [0, 0.05) is 37.8 Å². The second-order valence-corrected chi connectivity index (χ2v) is 9.79. The van der Waals surface area contributed by atoms with Gasteiger partial charge in [0.05, 0.1) is 24.4 Å². The number of piperidine rings is 1. The highest BCUT2D eigenvalue weighted by molar-refractivity contribution is 6.33. The lowest BCUT2D eigenvalue weighted by atomic mass is 10.00. The molecule has 0 spiro atoms. The van der Waals surface area contributed by atoms with Gasteiger partial charge in [0.25, 0.3) is 11.5 Å². The highest BCUT2D eigenvalue weighted by Crippen LogP contribution is 2.33. The Morgan fingerprint density at radius 1 is 1.18 bits per heavy atom. The molecule has 204 valence electrons. The van der Waals surface area contributed by atoms with Crippen LogP contribution in [0, 0.1) is 5.92 Å². The number of hydrogen-bond acceptors (Lipinski definition) is 9. The number of halogens is 2. The molecule has 13 heteroatoms. The van der Waals surface area contributed by atoms with Crippen molar-refractivity contribution in [1.29, 1.82) is 0 Å². The van der Waals surface area contributed by atoms with Gasteiger partial charge in [0.15, 0.2) is 18.2 Å². The first-order chi connectivity index (χ1) is 18.2. The second kappa shape index (κ2) is 12.6. The minimum atomic E-state index is -0.406. The molecule has 1 aliphatic rings. The fraction of sp³-hybridized carbons (Fsp3) is 0.440. The molecule has 0 bridgehead atoms. The summed E-state index contributed by atoms with van der Waals surface area (Å²) in [6.45, 7) is 4.35. The molecule has 1 saturated heterocycles. The van der Waals surface area contributed by atoms with Crippen LogP contribution in [0.25, 0.3) is 10.9 Å². The van der Waals surface area contributed by atoms with E-state index in [-0.39, 0.29) is 41.3 Å². The van der Waals surface area contributed by atoms with Crippen molar-refractivity contribution in [2.45, 2.75) is 19.4 Å². The lowest BCUT2D eigenvalue weighted by molar-refractivity contribution is -0.122. The summed E-state index contributed by atoms with van der Waals surface area (Å²) in [6, 6.07) is 5.09. The number of anilines is 2. The molecule has 3 heterocycles. The molecule has 0 unspecified atom stereocenters. The number of nitrogens with zero attached hydrogens (tertiary/aromatic N) is 3. The van der Waals surface area contributed by atoms with Crippen molar-refractivity contribution in [3.63, 3.8) is 0 Å². The first-order valence-corrected chi connectivity index (χ1v) is 12.9. The third-order valence-corrected chi connectivity index (χ3v) is 6.54. The van der Waals surface area contributed by atoms with Crippen LogP contribution in [-0.2, 0) is 16.6 Å². The van der Waals surface area contributed by atoms with Gasteiger partial charge in [-0.1, -0.05) is 18.5 Å². The van der Waals surface area contributed by atoms with Crippen molar-refractivity contribution >= 4 is 51.5 Å². The molecule has 0 aliphatic carbocycles. The van der Waals surface area contributed by atoms with Crippen LogP contribution in [0.3, 0.4) is 0 Å². The largest absolute Gasteiger partial charge is 0.489 e. The van der Waals surface area contributed by atoms with Crippen LogP contribution in [0.2, 0.25) is 10.3 Å². The van der Waals surface area contributed by atoms with Gasteiger partial charge >= 0.3 is 0 Å². The van der Waals surface area contributed by atoms with Gasteiger partial charge in [-0.25, -0.2) is 4.98 Å². The molecule has 1 amide bonds. The number of pyridine rings is 1. The molecular weight excluding hydrogens is 535 g/mol. The standard InChI is InChI=1S/C25H30Cl2N6O5/c1-14-6-17(11-29-10-14)36-4-5-37-19-9-16(31-23-18(26)12-30-25(27)32-23)7-15-8-20(38-13-21(34)28-2)24(35)33(3)22(15)19/h7-9,12,14,17,29H,4-6,10-11,13H2,1-3H3,(H,28,34)(H,30,31,32)/t14-,17+/m1/s1. The lowest BCUT2D eigenvalue weighted by Crippen LogP contribution is -2.40. The van der Waals surface area contributed by atoms with Gasteiger partial charge in [0.1, 0.15) is 17.4 Å². The Labute approximate surface area is 229 Å². The monoisotopic (exact) mass is 564 g/mol. The topological polar surface area (TPSA) is 129 Å². The number of nitrogens with one attached hydrogen (secondary N) is 3. The first kappa shape index (κ1) is 27.9.